The third-order valence-electron chi connectivity index (χ3n) is 10.5. The minimum Gasteiger partial charge on any atom is -0.454 e. The Labute approximate surface area is 293 Å². The molecule has 0 saturated heterocycles. The number of aromatic nitrogens is 1. The molecule has 0 unspecified atom stereocenters. The quantitative estimate of drug-likeness (QED) is 0.177. The summed E-state index contributed by atoms with van der Waals surface area (Å²) in [6.45, 7) is 0. The number of furan rings is 1. The van der Waals surface area contributed by atoms with Crippen LogP contribution in [0.4, 0.5) is 17.1 Å². The van der Waals surface area contributed by atoms with Gasteiger partial charge >= 0.3 is 0 Å². The van der Waals surface area contributed by atoms with Crippen LogP contribution in [0.1, 0.15) is 0 Å². The van der Waals surface area contributed by atoms with E-state index in [2.05, 4.69) is 185 Å². The normalized spacial score (nSPS) is 11.9. The van der Waals surface area contributed by atoms with Gasteiger partial charge in [0.2, 0.25) is 0 Å². The Morgan fingerprint density at radius 1 is 0.373 bits per heavy atom. The van der Waals surface area contributed by atoms with Gasteiger partial charge in [-0.15, -0.1) is 0 Å². The van der Waals surface area contributed by atoms with E-state index in [4.69, 9.17) is 4.42 Å². The lowest BCUT2D eigenvalue weighted by Crippen LogP contribution is -2.11. The van der Waals surface area contributed by atoms with Crippen LogP contribution in [0.5, 0.6) is 0 Å². The Morgan fingerprint density at radius 2 is 1.00 bits per heavy atom. The number of hydrogen-bond donors (Lipinski definition) is 0. The molecule has 51 heavy (non-hydrogen) atoms. The maximum absolute atomic E-state index is 6.79. The van der Waals surface area contributed by atoms with Gasteiger partial charge in [0.05, 0.1) is 28.1 Å². The third-order valence-corrected chi connectivity index (χ3v) is 10.5. The number of para-hydroxylation sites is 4. The van der Waals surface area contributed by atoms with Crippen molar-refractivity contribution in [1.29, 1.82) is 0 Å². The summed E-state index contributed by atoms with van der Waals surface area (Å²) in [4.78, 5) is 2.45. The highest BCUT2D eigenvalue weighted by Crippen LogP contribution is 2.50. The molecule has 3 nitrogen and oxygen atoms in total. The predicted molar refractivity (Wildman–Crippen MR) is 215 cm³/mol. The van der Waals surface area contributed by atoms with E-state index in [-0.39, 0.29) is 0 Å². The average molecular weight is 651 g/mol. The van der Waals surface area contributed by atoms with E-state index in [9.17, 15) is 0 Å². The second kappa shape index (κ2) is 10.8. The zero-order chi connectivity index (χ0) is 33.5. The average Bonchev–Trinajstić information content (AvgIpc) is 3.75. The summed E-state index contributed by atoms with van der Waals surface area (Å²) in [5, 5.41) is 12.0. The van der Waals surface area contributed by atoms with E-state index in [1.165, 1.54) is 48.6 Å². The molecule has 0 aliphatic rings. The number of nitrogens with zero attached hydrogens (tertiary/aromatic N) is 2. The fourth-order valence-electron chi connectivity index (χ4n) is 8.38. The van der Waals surface area contributed by atoms with Crippen LogP contribution in [0.2, 0.25) is 0 Å². The molecule has 3 heteroatoms. The lowest BCUT2D eigenvalue weighted by Gasteiger charge is -2.28. The Kier molecular flexibility index (Phi) is 5.96. The second-order valence-electron chi connectivity index (χ2n) is 13.3. The van der Waals surface area contributed by atoms with Crippen LogP contribution in [0, 0.1) is 0 Å². The smallest absolute Gasteiger partial charge is 0.159 e. The molecule has 0 spiro atoms. The lowest BCUT2D eigenvalue weighted by molar-refractivity contribution is 0.669. The fraction of sp³-hybridized carbons (Fsp3) is 0. The first-order chi connectivity index (χ1) is 25.3. The molecule has 0 bridgehead atoms. The monoisotopic (exact) mass is 650 g/mol. The van der Waals surface area contributed by atoms with Crippen molar-refractivity contribution in [3.05, 3.63) is 182 Å². The molecule has 0 N–H and O–H groups in total. The highest BCUT2D eigenvalue weighted by molar-refractivity contribution is 6.25. The van der Waals surface area contributed by atoms with Crippen LogP contribution in [-0.2, 0) is 0 Å². The molecule has 0 fully saturated rings. The number of fused-ring (bicyclic) bond motifs is 11. The Morgan fingerprint density at radius 3 is 1.88 bits per heavy atom. The number of anilines is 3. The van der Waals surface area contributed by atoms with E-state index < -0.39 is 0 Å². The van der Waals surface area contributed by atoms with Crippen molar-refractivity contribution in [2.75, 3.05) is 4.90 Å². The first-order valence-corrected chi connectivity index (χ1v) is 17.4. The minimum absolute atomic E-state index is 0.866. The van der Waals surface area contributed by atoms with Crippen molar-refractivity contribution in [2.45, 2.75) is 0 Å². The molecule has 0 amide bonds. The molecule has 0 saturated carbocycles. The van der Waals surface area contributed by atoms with E-state index in [1.54, 1.807) is 0 Å². The van der Waals surface area contributed by atoms with Crippen LogP contribution in [-0.4, -0.2) is 4.57 Å². The lowest BCUT2D eigenvalue weighted by atomic mass is 9.94. The van der Waals surface area contributed by atoms with Crippen LogP contribution >= 0.6 is 0 Å². The Bertz CT molecular complexity index is 3150. The number of rotatable bonds is 4. The van der Waals surface area contributed by atoms with Gasteiger partial charge in [0.15, 0.2) is 5.58 Å². The summed E-state index contributed by atoms with van der Waals surface area (Å²) in [5.41, 5.74) is 8.40. The van der Waals surface area contributed by atoms with Gasteiger partial charge in [-0.25, -0.2) is 0 Å². The molecule has 2 heterocycles. The van der Waals surface area contributed by atoms with Gasteiger partial charge in [-0.05, 0) is 75.5 Å². The second-order valence-corrected chi connectivity index (χ2v) is 13.3. The molecular weight excluding hydrogens is 621 g/mol. The first kappa shape index (κ1) is 28.0. The molecule has 11 aromatic rings. The van der Waals surface area contributed by atoms with Crippen molar-refractivity contribution in [3.8, 4) is 5.69 Å². The molecule has 11 rings (SSSR count). The summed E-state index contributed by atoms with van der Waals surface area (Å²) >= 11 is 0. The molecule has 238 valence electrons. The van der Waals surface area contributed by atoms with Gasteiger partial charge in [-0.1, -0.05) is 133 Å². The van der Waals surface area contributed by atoms with E-state index in [1.807, 2.05) is 6.07 Å². The minimum atomic E-state index is 0.866. The number of hydrogen-bond acceptors (Lipinski definition) is 2. The molecule has 0 aliphatic carbocycles. The Hall–Kier alpha value is -6.84. The van der Waals surface area contributed by atoms with Gasteiger partial charge in [0, 0.05) is 32.6 Å². The standard InChI is InChI=1S/C48H30N2O/c1-2-15-33(16-3-1)49-40-23-10-8-21-39(40)47-41(49)24-13-25-42(47)50(43-26-12-22-38-36-19-9-11-27-45(36)51-48(38)43)44-30-32-29-28-31-14-4-5-17-34(31)46(32)37-20-7-6-18-35(37)44/h1-30H. The van der Waals surface area contributed by atoms with E-state index in [0.717, 1.165) is 50.2 Å². The van der Waals surface area contributed by atoms with Crippen molar-refractivity contribution in [1.82, 2.24) is 4.57 Å². The molecular formula is C48H30N2O. The maximum atomic E-state index is 6.79. The molecule has 0 aliphatic heterocycles. The third kappa shape index (κ3) is 4.06. The van der Waals surface area contributed by atoms with Crippen molar-refractivity contribution in [3.63, 3.8) is 0 Å². The van der Waals surface area contributed by atoms with Crippen molar-refractivity contribution in [2.24, 2.45) is 0 Å². The van der Waals surface area contributed by atoms with Gasteiger partial charge < -0.3 is 13.9 Å². The van der Waals surface area contributed by atoms with Gasteiger partial charge in [-0.2, -0.15) is 0 Å². The van der Waals surface area contributed by atoms with Crippen LogP contribution in [0.3, 0.4) is 0 Å². The van der Waals surface area contributed by atoms with Crippen LogP contribution in [0.15, 0.2) is 186 Å². The molecule has 9 aromatic carbocycles. The largest absolute Gasteiger partial charge is 0.454 e. The summed E-state index contributed by atoms with van der Waals surface area (Å²) < 4.78 is 9.18. The van der Waals surface area contributed by atoms with Crippen molar-refractivity contribution >= 4 is 93.1 Å². The predicted octanol–water partition coefficient (Wildman–Crippen LogP) is 13.6. The van der Waals surface area contributed by atoms with Gasteiger partial charge in [0.1, 0.15) is 5.58 Å². The summed E-state index contributed by atoms with van der Waals surface area (Å²) in [5.74, 6) is 0. The van der Waals surface area contributed by atoms with Crippen molar-refractivity contribution < 1.29 is 4.42 Å². The molecule has 0 atom stereocenters. The summed E-state index contributed by atoms with van der Waals surface area (Å²) in [7, 11) is 0. The van der Waals surface area contributed by atoms with Crippen LogP contribution in [0.25, 0.3) is 81.7 Å². The number of benzene rings is 9. The summed E-state index contributed by atoms with van der Waals surface area (Å²) in [6, 6.07) is 65.5. The first-order valence-electron chi connectivity index (χ1n) is 17.4. The van der Waals surface area contributed by atoms with Gasteiger partial charge in [0.25, 0.3) is 0 Å². The highest BCUT2D eigenvalue weighted by Gasteiger charge is 2.26. The SMILES string of the molecule is c1ccc(-n2c3ccccc3c3c(N(c4cc5ccc6ccccc6c5c5ccccc45)c4cccc5c4oc4ccccc45)cccc32)cc1. The van der Waals surface area contributed by atoms with E-state index >= 15 is 0 Å². The highest BCUT2D eigenvalue weighted by atomic mass is 16.3. The maximum Gasteiger partial charge on any atom is 0.159 e. The fourth-order valence-corrected chi connectivity index (χ4v) is 8.38. The molecule has 0 radical (unpaired) electrons. The summed E-state index contributed by atoms with van der Waals surface area (Å²) in [6.07, 6.45) is 0. The topological polar surface area (TPSA) is 21.3 Å². The van der Waals surface area contributed by atoms with E-state index in [0.29, 0.717) is 0 Å². The molecule has 2 aromatic heterocycles. The van der Waals surface area contributed by atoms with Crippen LogP contribution < -0.4 is 4.90 Å². The zero-order valence-corrected chi connectivity index (χ0v) is 27.6. The van der Waals surface area contributed by atoms with Gasteiger partial charge in [-0.3, -0.25) is 0 Å². The Balaban J connectivity index is 1.32. The zero-order valence-electron chi connectivity index (χ0n) is 27.6.